The number of likely N-dealkylation sites (tertiary alicyclic amines) is 1. The Kier molecular flexibility index (Phi) is 7.01. The number of carbonyl (C=O) groups excluding carboxylic acids is 1. The fourth-order valence-electron chi connectivity index (χ4n) is 4.20. The number of ether oxygens (including phenoxy) is 1. The monoisotopic (exact) mass is 500 g/mol. The maximum atomic E-state index is 12.8. The molecule has 0 radical (unpaired) electrons. The van der Waals surface area contributed by atoms with Gasteiger partial charge in [-0.05, 0) is 49.4 Å². The predicted octanol–water partition coefficient (Wildman–Crippen LogP) is 4.18. The number of thiophene rings is 1. The number of hydrogen-bond acceptors (Lipinski definition) is 6. The SMILES string of the molecule is O=C(O)C(F)(F)F.O=C(c1cc2c(s1)CCC2)N1CC2(CC(OCc3ccccn3)CS2)C1. The van der Waals surface area contributed by atoms with Gasteiger partial charge in [0.2, 0.25) is 0 Å². The molecule has 4 heterocycles. The summed E-state index contributed by atoms with van der Waals surface area (Å²) in [6.45, 7) is 2.30. The number of thioether (sulfide) groups is 1. The average Bonchev–Trinajstić information content (AvgIpc) is 3.46. The highest BCUT2D eigenvalue weighted by Crippen LogP contribution is 2.47. The Morgan fingerprint density at radius 3 is 2.67 bits per heavy atom. The molecule has 2 aliphatic heterocycles. The second kappa shape index (κ2) is 9.63. The number of carbonyl (C=O) groups is 2. The molecule has 1 unspecified atom stereocenters. The van der Waals surface area contributed by atoms with Gasteiger partial charge in [-0.1, -0.05) is 6.07 Å². The van der Waals surface area contributed by atoms with Crippen LogP contribution in [0.5, 0.6) is 0 Å². The van der Waals surface area contributed by atoms with Gasteiger partial charge in [0.1, 0.15) is 0 Å². The van der Waals surface area contributed by atoms with E-state index in [1.165, 1.54) is 16.9 Å². The molecule has 33 heavy (non-hydrogen) atoms. The lowest BCUT2D eigenvalue weighted by Gasteiger charge is -2.47. The molecule has 2 fully saturated rings. The van der Waals surface area contributed by atoms with Crippen molar-refractivity contribution in [3.8, 4) is 0 Å². The number of rotatable bonds is 4. The van der Waals surface area contributed by atoms with Crippen LogP contribution in [0, 0.1) is 0 Å². The minimum Gasteiger partial charge on any atom is -0.475 e. The van der Waals surface area contributed by atoms with Crippen LogP contribution in [0.25, 0.3) is 0 Å². The number of aliphatic carboxylic acids is 1. The molecule has 1 atom stereocenters. The van der Waals surface area contributed by atoms with E-state index >= 15 is 0 Å². The summed E-state index contributed by atoms with van der Waals surface area (Å²) < 4.78 is 38.0. The molecule has 0 saturated carbocycles. The molecule has 0 bridgehead atoms. The van der Waals surface area contributed by atoms with E-state index in [1.807, 2.05) is 34.9 Å². The number of amides is 1. The highest BCUT2D eigenvalue weighted by Gasteiger charge is 2.51. The summed E-state index contributed by atoms with van der Waals surface area (Å²) in [6, 6.07) is 8.06. The Bertz CT molecular complexity index is 985. The van der Waals surface area contributed by atoms with Crippen LogP contribution < -0.4 is 0 Å². The van der Waals surface area contributed by atoms with E-state index < -0.39 is 12.1 Å². The van der Waals surface area contributed by atoms with Crippen molar-refractivity contribution in [2.75, 3.05) is 18.8 Å². The van der Waals surface area contributed by atoms with Crippen LogP contribution in [-0.2, 0) is 29.0 Å². The third-order valence-electron chi connectivity index (χ3n) is 5.81. The normalized spacial score (nSPS) is 20.7. The molecule has 1 amide bonds. The molecule has 2 saturated heterocycles. The van der Waals surface area contributed by atoms with Crippen LogP contribution in [0.4, 0.5) is 13.2 Å². The Morgan fingerprint density at radius 2 is 2.03 bits per heavy atom. The summed E-state index contributed by atoms with van der Waals surface area (Å²) in [4.78, 5) is 30.4. The Labute approximate surface area is 197 Å². The fraction of sp³-hybridized carbons (Fsp3) is 0.500. The fourth-order valence-corrected chi connectivity index (χ4v) is 6.97. The Morgan fingerprint density at radius 1 is 1.27 bits per heavy atom. The number of pyridine rings is 1. The number of aromatic nitrogens is 1. The smallest absolute Gasteiger partial charge is 0.475 e. The molecule has 1 spiro atoms. The van der Waals surface area contributed by atoms with Crippen LogP contribution in [0.1, 0.15) is 38.6 Å². The quantitative estimate of drug-likeness (QED) is 0.679. The minimum atomic E-state index is -5.08. The van der Waals surface area contributed by atoms with Gasteiger partial charge in [-0.3, -0.25) is 9.78 Å². The molecule has 1 N–H and O–H groups in total. The third kappa shape index (κ3) is 5.70. The maximum absolute atomic E-state index is 12.8. The summed E-state index contributed by atoms with van der Waals surface area (Å²) in [5, 5.41) is 7.12. The third-order valence-corrected chi connectivity index (χ3v) is 8.61. The maximum Gasteiger partial charge on any atom is 0.490 e. The van der Waals surface area contributed by atoms with E-state index in [0.29, 0.717) is 6.61 Å². The van der Waals surface area contributed by atoms with E-state index in [2.05, 4.69) is 11.1 Å². The van der Waals surface area contributed by atoms with Crippen molar-refractivity contribution in [1.82, 2.24) is 9.88 Å². The number of nitrogens with zero attached hydrogens (tertiary/aromatic N) is 2. The standard InChI is InChI=1S/C20H22N2O2S2.C2HF3O2/c23-19(18-8-14-4-3-6-17(14)26-18)22-12-20(13-22)9-16(11-25-20)24-10-15-5-1-2-7-21-15;3-2(4,5)1(6)7/h1-2,5,7-8,16H,3-4,6,9-13H2;(H,6,7). The number of alkyl halides is 3. The van der Waals surface area contributed by atoms with Crippen molar-refractivity contribution in [2.24, 2.45) is 0 Å². The van der Waals surface area contributed by atoms with Crippen molar-refractivity contribution in [3.05, 3.63) is 51.5 Å². The number of aryl methyl sites for hydroxylation is 2. The molecule has 0 aromatic carbocycles. The minimum absolute atomic E-state index is 0.213. The first kappa shape index (κ1) is 24.0. The van der Waals surface area contributed by atoms with Crippen molar-refractivity contribution in [3.63, 3.8) is 0 Å². The number of carboxylic acid groups (broad SMARTS) is 1. The number of halogens is 3. The van der Waals surface area contributed by atoms with Gasteiger partial charge in [-0.25, -0.2) is 4.79 Å². The molecular weight excluding hydrogens is 477 g/mol. The Balaban J connectivity index is 0.000000325. The zero-order valence-electron chi connectivity index (χ0n) is 17.6. The molecule has 11 heteroatoms. The molecule has 3 aliphatic rings. The highest BCUT2D eigenvalue weighted by atomic mass is 32.2. The lowest BCUT2D eigenvalue weighted by Crippen LogP contribution is -2.60. The molecule has 178 valence electrons. The van der Waals surface area contributed by atoms with Gasteiger partial charge in [-0.15, -0.1) is 23.1 Å². The second-order valence-corrected chi connectivity index (χ2v) is 11.0. The van der Waals surface area contributed by atoms with Crippen molar-refractivity contribution in [1.29, 1.82) is 0 Å². The number of carboxylic acids is 1. The lowest BCUT2D eigenvalue weighted by molar-refractivity contribution is -0.192. The second-order valence-electron chi connectivity index (χ2n) is 8.33. The molecule has 5 rings (SSSR count). The van der Waals surface area contributed by atoms with Gasteiger partial charge in [-0.2, -0.15) is 13.2 Å². The predicted molar refractivity (Wildman–Crippen MR) is 119 cm³/mol. The topological polar surface area (TPSA) is 79.7 Å². The largest absolute Gasteiger partial charge is 0.490 e. The van der Waals surface area contributed by atoms with Crippen LogP contribution in [0.15, 0.2) is 30.5 Å². The zero-order chi connectivity index (χ0) is 23.6. The summed E-state index contributed by atoms with van der Waals surface area (Å²) in [5.74, 6) is -1.51. The zero-order valence-corrected chi connectivity index (χ0v) is 19.3. The first-order valence-corrected chi connectivity index (χ1v) is 12.3. The van der Waals surface area contributed by atoms with Crippen LogP contribution in [0.3, 0.4) is 0 Å². The van der Waals surface area contributed by atoms with Crippen molar-refractivity contribution >= 4 is 35.0 Å². The average molecular weight is 501 g/mol. The van der Waals surface area contributed by atoms with Gasteiger partial charge in [0.05, 0.1) is 28.0 Å². The van der Waals surface area contributed by atoms with Crippen LogP contribution >= 0.6 is 23.1 Å². The highest BCUT2D eigenvalue weighted by molar-refractivity contribution is 8.01. The van der Waals surface area contributed by atoms with Gasteiger partial charge in [0, 0.05) is 29.9 Å². The lowest BCUT2D eigenvalue weighted by atomic mass is 9.92. The van der Waals surface area contributed by atoms with Crippen molar-refractivity contribution in [2.45, 2.75) is 49.3 Å². The molecular formula is C22H23F3N2O4S2. The van der Waals surface area contributed by atoms with E-state index in [9.17, 15) is 18.0 Å². The number of hydrogen-bond donors (Lipinski definition) is 1. The summed E-state index contributed by atoms with van der Waals surface area (Å²) in [5.41, 5.74) is 2.39. The van der Waals surface area contributed by atoms with E-state index in [0.717, 1.165) is 48.7 Å². The molecule has 2 aromatic rings. The summed E-state index contributed by atoms with van der Waals surface area (Å²) in [7, 11) is 0. The van der Waals surface area contributed by atoms with Gasteiger partial charge in [0.15, 0.2) is 0 Å². The summed E-state index contributed by atoms with van der Waals surface area (Å²) >= 11 is 3.69. The van der Waals surface area contributed by atoms with Crippen LogP contribution in [-0.4, -0.2) is 62.7 Å². The van der Waals surface area contributed by atoms with E-state index in [-0.39, 0.29) is 16.8 Å². The van der Waals surface area contributed by atoms with E-state index in [4.69, 9.17) is 14.6 Å². The van der Waals surface area contributed by atoms with Crippen molar-refractivity contribution < 1.29 is 32.6 Å². The molecule has 1 aliphatic carbocycles. The number of fused-ring (bicyclic) bond motifs is 1. The van der Waals surface area contributed by atoms with Gasteiger partial charge in [0.25, 0.3) is 5.91 Å². The molecule has 6 nitrogen and oxygen atoms in total. The first-order valence-electron chi connectivity index (χ1n) is 10.5. The van der Waals surface area contributed by atoms with Gasteiger partial charge >= 0.3 is 12.1 Å². The first-order chi connectivity index (χ1) is 15.7. The van der Waals surface area contributed by atoms with E-state index in [1.54, 1.807) is 17.5 Å². The molecule has 2 aromatic heterocycles. The van der Waals surface area contributed by atoms with Crippen LogP contribution in [0.2, 0.25) is 0 Å². The summed E-state index contributed by atoms with van der Waals surface area (Å²) in [6.07, 6.45) is 1.58. The Hall–Kier alpha value is -2.11. The van der Waals surface area contributed by atoms with Gasteiger partial charge < -0.3 is 14.7 Å².